The zero-order chi connectivity index (χ0) is 11.5. The molecule has 0 unspecified atom stereocenters. The third-order valence-electron chi connectivity index (χ3n) is 1.55. The van der Waals surface area contributed by atoms with E-state index in [1.54, 1.807) is 0 Å². The maximum absolute atomic E-state index is 12.4. The number of ether oxygens (including phenoxy) is 1. The van der Waals surface area contributed by atoms with E-state index in [1.807, 2.05) is 0 Å². The smallest absolute Gasteiger partial charge is 0.278 e. The second-order valence-electron chi connectivity index (χ2n) is 3.16. The van der Waals surface area contributed by atoms with Gasteiger partial charge in [-0.2, -0.15) is 0 Å². The van der Waals surface area contributed by atoms with E-state index in [1.165, 1.54) is 24.3 Å². The first kappa shape index (κ1) is 11.9. The van der Waals surface area contributed by atoms with Crippen molar-refractivity contribution in [3.8, 4) is 5.75 Å². The van der Waals surface area contributed by atoms with Crippen molar-refractivity contribution in [3.63, 3.8) is 0 Å². The second kappa shape index (κ2) is 4.57. The fraction of sp³-hybridized carbons (Fsp3) is 0.300. The molecule has 5 heteroatoms. The van der Waals surface area contributed by atoms with E-state index in [0.29, 0.717) is 0 Å². The lowest BCUT2D eigenvalue weighted by atomic mass is 10.2. The van der Waals surface area contributed by atoms with Crippen LogP contribution >= 0.6 is 11.6 Å². The van der Waals surface area contributed by atoms with Crippen LogP contribution in [0, 0.1) is 0 Å². The van der Waals surface area contributed by atoms with Crippen molar-refractivity contribution in [1.82, 2.24) is 0 Å². The van der Waals surface area contributed by atoms with Gasteiger partial charge in [0.25, 0.3) is 11.2 Å². The van der Waals surface area contributed by atoms with E-state index in [-0.39, 0.29) is 11.3 Å². The van der Waals surface area contributed by atoms with Crippen molar-refractivity contribution in [2.24, 2.45) is 0 Å². The molecule has 0 aliphatic rings. The van der Waals surface area contributed by atoms with Crippen molar-refractivity contribution in [2.75, 3.05) is 6.61 Å². The van der Waals surface area contributed by atoms with Crippen LogP contribution in [0.25, 0.3) is 0 Å². The average molecular weight is 235 g/mol. The topological polar surface area (TPSA) is 26.3 Å². The van der Waals surface area contributed by atoms with Gasteiger partial charge in [0.2, 0.25) is 0 Å². The van der Waals surface area contributed by atoms with Crippen LogP contribution in [0.15, 0.2) is 24.3 Å². The summed E-state index contributed by atoms with van der Waals surface area (Å²) in [4.78, 5) is 10.8. The van der Waals surface area contributed by atoms with Crippen LogP contribution in [0.3, 0.4) is 0 Å². The van der Waals surface area contributed by atoms with Gasteiger partial charge in [0.1, 0.15) is 5.75 Å². The normalized spacial score (nSPS) is 11.2. The quantitative estimate of drug-likeness (QED) is 0.749. The van der Waals surface area contributed by atoms with E-state index in [4.69, 9.17) is 16.3 Å². The average Bonchev–Trinajstić information content (AvgIpc) is 2.14. The third-order valence-corrected chi connectivity index (χ3v) is 1.77. The first-order valence-corrected chi connectivity index (χ1v) is 4.57. The molecule has 0 fully saturated rings. The molecule has 0 bridgehead atoms. The van der Waals surface area contributed by atoms with Gasteiger partial charge in [0, 0.05) is 12.5 Å². The lowest BCUT2D eigenvalue weighted by Crippen LogP contribution is -2.20. The first-order chi connectivity index (χ1) is 6.88. The minimum absolute atomic E-state index is 0.197. The summed E-state index contributed by atoms with van der Waals surface area (Å²) in [5, 5.41) is -0.649. The molecule has 1 aromatic rings. The van der Waals surface area contributed by atoms with Crippen LogP contribution in [-0.4, -0.2) is 17.8 Å². The molecule has 0 saturated heterocycles. The molecule has 0 radical (unpaired) electrons. The summed E-state index contributed by atoms with van der Waals surface area (Å²) in [6.07, 6.45) is 0. The molecule has 0 saturated carbocycles. The Kier molecular flexibility index (Phi) is 3.63. The fourth-order valence-electron chi connectivity index (χ4n) is 0.918. The summed E-state index contributed by atoms with van der Waals surface area (Å²) < 4.78 is 29.7. The van der Waals surface area contributed by atoms with Crippen LogP contribution in [-0.2, 0) is 0 Å². The van der Waals surface area contributed by atoms with Crippen molar-refractivity contribution >= 4 is 16.8 Å². The Hall–Kier alpha value is -1.16. The highest BCUT2D eigenvalue weighted by atomic mass is 35.5. The molecule has 0 aromatic heterocycles. The van der Waals surface area contributed by atoms with Crippen molar-refractivity contribution < 1.29 is 18.3 Å². The zero-order valence-electron chi connectivity index (χ0n) is 7.97. The van der Waals surface area contributed by atoms with Gasteiger partial charge in [-0.1, -0.05) is 6.07 Å². The van der Waals surface area contributed by atoms with Crippen molar-refractivity contribution in [2.45, 2.75) is 12.8 Å². The van der Waals surface area contributed by atoms with Gasteiger partial charge in [0.15, 0.2) is 6.61 Å². The van der Waals surface area contributed by atoms with E-state index >= 15 is 0 Å². The zero-order valence-corrected chi connectivity index (χ0v) is 8.72. The molecule has 1 aromatic carbocycles. The van der Waals surface area contributed by atoms with E-state index in [0.717, 1.165) is 6.92 Å². The predicted molar refractivity (Wildman–Crippen MR) is 52.7 cm³/mol. The standard InChI is InChI=1S/C10H9ClF2O2/c1-10(12,13)6-15-8-4-2-3-7(5-8)9(11)14/h2-5H,6H2,1H3. The summed E-state index contributed by atoms with van der Waals surface area (Å²) >= 11 is 5.22. The van der Waals surface area contributed by atoms with Crippen LogP contribution in [0.5, 0.6) is 5.75 Å². The molecule has 0 amide bonds. The maximum atomic E-state index is 12.4. The molecule has 0 heterocycles. The largest absolute Gasteiger partial charge is 0.487 e. The minimum Gasteiger partial charge on any atom is -0.487 e. The van der Waals surface area contributed by atoms with Crippen LogP contribution < -0.4 is 4.74 Å². The third kappa shape index (κ3) is 4.25. The number of hydrogen-bond acceptors (Lipinski definition) is 2. The number of carbonyl (C=O) groups excluding carboxylic acids is 1. The van der Waals surface area contributed by atoms with Gasteiger partial charge in [0.05, 0.1) is 0 Å². The highest BCUT2D eigenvalue weighted by Crippen LogP contribution is 2.18. The van der Waals surface area contributed by atoms with Crippen molar-refractivity contribution in [1.29, 1.82) is 0 Å². The first-order valence-electron chi connectivity index (χ1n) is 4.19. The molecule has 2 nitrogen and oxygen atoms in total. The lowest BCUT2D eigenvalue weighted by molar-refractivity contribution is -0.0229. The summed E-state index contributed by atoms with van der Waals surface area (Å²) in [6.45, 7) is 0.0243. The van der Waals surface area contributed by atoms with Crippen LogP contribution in [0.1, 0.15) is 17.3 Å². The van der Waals surface area contributed by atoms with E-state index in [2.05, 4.69) is 0 Å². The van der Waals surface area contributed by atoms with Gasteiger partial charge < -0.3 is 4.74 Å². The number of hydrogen-bond donors (Lipinski definition) is 0. The molecule has 0 atom stereocenters. The highest BCUT2D eigenvalue weighted by molar-refractivity contribution is 6.67. The molecule has 0 spiro atoms. The molecular weight excluding hydrogens is 226 g/mol. The highest BCUT2D eigenvalue weighted by Gasteiger charge is 2.22. The Labute approximate surface area is 90.8 Å². The predicted octanol–water partition coefficient (Wildman–Crippen LogP) is 3.10. The molecule has 82 valence electrons. The Bertz CT molecular complexity index is 361. The van der Waals surface area contributed by atoms with E-state index < -0.39 is 17.8 Å². The van der Waals surface area contributed by atoms with Gasteiger partial charge >= 0.3 is 0 Å². The van der Waals surface area contributed by atoms with Gasteiger partial charge in [-0.15, -0.1) is 0 Å². The Morgan fingerprint density at radius 3 is 2.73 bits per heavy atom. The number of halogens is 3. The number of alkyl halides is 2. The van der Waals surface area contributed by atoms with Gasteiger partial charge in [-0.05, 0) is 29.8 Å². The number of carbonyl (C=O) groups is 1. The Morgan fingerprint density at radius 2 is 2.20 bits per heavy atom. The second-order valence-corrected chi connectivity index (χ2v) is 3.50. The van der Waals surface area contributed by atoms with E-state index in [9.17, 15) is 13.6 Å². The molecule has 0 aliphatic heterocycles. The Balaban J connectivity index is 2.70. The monoisotopic (exact) mass is 234 g/mol. The SMILES string of the molecule is CC(F)(F)COc1cccc(C(=O)Cl)c1. The molecular formula is C10H9ClF2O2. The summed E-state index contributed by atoms with van der Waals surface area (Å²) in [5.41, 5.74) is 0.216. The minimum atomic E-state index is -2.90. The van der Waals surface area contributed by atoms with Gasteiger partial charge in [-0.25, -0.2) is 8.78 Å². The lowest BCUT2D eigenvalue weighted by Gasteiger charge is -2.12. The molecule has 1 rings (SSSR count). The summed E-state index contributed by atoms with van der Waals surface area (Å²) in [6, 6.07) is 5.79. The number of benzene rings is 1. The number of rotatable bonds is 4. The van der Waals surface area contributed by atoms with Gasteiger partial charge in [-0.3, -0.25) is 4.79 Å². The molecule has 15 heavy (non-hydrogen) atoms. The summed E-state index contributed by atoms with van der Waals surface area (Å²) in [5.74, 6) is -2.70. The summed E-state index contributed by atoms with van der Waals surface area (Å²) in [7, 11) is 0. The van der Waals surface area contributed by atoms with Crippen LogP contribution in [0.4, 0.5) is 8.78 Å². The fourth-order valence-corrected chi connectivity index (χ4v) is 1.04. The molecule has 0 aliphatic carbocycles. The van der Waals surface area contributed by atoms with Crippen molar-refractivity contribution in [3.05, 3.63) is 29.8 Å². The van der Waals surface area contributed by atoms with Crippen LogP contribution in [0.2, 0.25) is 0 Å². The Morgan fingerprint density at radius 1 is 1.53 bits per heavy atom. The molecule has 0 N–H and O–H groups in total. The maximum Gasteiger partial charge on any atom is 0.278 e.